The molecule has 2 aromatic rings. The van der Waals surface area contributed by atoms with Crippen molar-refractivity contribution in [1.29, 1.82) is 0 Å². The summed E-state index contributed by atoms with van der Waals surface area (Å²) in [5.41, 5.74) is 3.23. The highest BCUT2D eigenvalue weighted by molar-refractivity contribution is 6.15. The van der Waals surface area contributed by atoms with E-state index >= 15 is 0 Å². The Kier molecular flexibility index (Phi) is 5.07. The van der Waals surface area contributed by atoms with Gasteiger partial charge < -0.3 is 18.9 Å². The summed E-state index contributed by atoms with van der Waals surface area (Å²) in [5.74, 6) is 2.24. The van der Waals surface area contributed by atoms with Crippen molar-refractivity contribution in [2.45, 2.75) is 13.5 Å². The number of hydrogen-bond acceptors (Lipinski definition) is 6. The summed E-state index contributed by atoms with van der Waals surface area (Å²) in [6.45, 7) is 4.55. The number of ether oxygens (including phenoxy) is 4. The minimum absolute atomic E-state index is 0.124. The van der Waals surface area contributed by atoms with Gasteiger partial charge in [0.05, 0.1) is 19.3 Å². The number of para-hydroxylation sites is 1. The number of Topliss-reactive ketones (excluding diaryl/α,β-unsaturated/α-hetero) is 1. The third-order valence-electron chi connectivity index (χ3n) is 5.04. The highest BCUT2D eigenvalue weighted by atomic mass is 16.5. The van der Waals surface area contributed by atoms with Gasteiger partial charge in [0.2, 0.25) is 5.78 Å². The minimum Gasteiger partial charge on any atom is -0.496 e. The second-order valence-electron chi connectivity index (χ2n) is 6.87. The second-order valence-corrected chi connectivity index (χ2v) is 6.87. The molecule has 0 spiro atoms. The molecule has 0 aromatic heterocycles. The molecule has 0 saturated heterocycles. The molecule has 2 aromatic carbocycles. The van der Waals surface area contributed by atoms with Crippen LogP contribution >= 0.6 is 0 Å². The van der Waals surface area contributed by atoms with Crippen molar-refractivity contribution in [3.8, 4) is 17.2 Å². The summed E-state index contributed by atoms with van der Waals surface area (Å²) < 4.78 is 22.4. The predicted molar refractivity (Wildman–Crippen MR) is 105 cm³/mol. The van der Waals surface area contributed by atoms with Crippen LogP contribution in [0.3, 0.4) is 0 Å². The van der Waals surface area contributed by atoms with E-state index in [0.717, 1.165) is 29.0 Å². The maximum Gasteiger partial charge on any atom is 0.231 e. The summed E-state index contributed by atoms with van der Waals surface area (Å²) in [4.78, 5) is 15.1. The van der Waals surface area contributed by atoms with E-state index < -0.39 is 0 Å². The van der Waals surface area contributed by atoms with Gasteiger partial charge in [0.15, 0.2) is 5.76 Å². The highest BCUT2D eigenvalue weighted by Gasteiger charge is 2.33. The molecule has 6 nitrogen and oxygen atoms in total. The van der Waals surface area contributed by atoms with Crippen LogP contribution in [0.15, 0.2) is 36.1 Å². The van der Waals surface area contributed by atoms with Crippen molar-refractivity contribution in [2.75, 3.05) is 34.1 Å². The minimum atomic E-state index is -0.124. The number of nitrogens with zero attached hydrogens (tertiary/aromatic N) is 1. The number of fused-ring (bicyclic) bond motifs is 2. The van der Waals surface area contributed by atoms with Crippen LogP contribution in [0.2, 0.25) is 0 Å². The zero-order valence-electron chi connectivity index (χ0n) is 16.3. The van der Waals surface area contributed by atoms with Gasteiger partial charge in [-0.25, -0.2) is 0 Å². The number of carbonyl (C=O) groups excluding carboxylic acids is 1. The third-order valence-corrected chi connectivity index (χ3v) is 5.04. The van der Waals surface area contributed by atoms with E-state index in [0.29, 0.717) is 42.7 Å². The Morgan fingerprint density at radius 1 is 1.21 bits per heavy atom. The van der Waals surface area contributed by atoms with E-state index in [1.165, 1.54) is 0 Å². The predicted octanol–water partition coefficient (Wildman–Crippen LogP) is 3.42. The van der Waals surface area contributed by atoms with Crippen LogP contribution in [0.25, 0.3) is 6.08 Å². The maximum absolute atomic E-state index is 13.0. The van der Waals surface area contributed by atoms with E-state index in [1.54, 1.807) is 20.3 Å². The molecule has 4 rings (SSSR count). The van der Waals surface area contributed by atoms with Crippen LogP contribution in [0.4, 0.5) is 0 Å². The van der Waals surface area contributed by atoms with E-state index in [4.69, 9.17) is 18.9 Å². The van der Waals surface area contributed by atoms with Gasteiger partial charge in [-0.2, -0.15) is 0 Å². The van der Waals surface area contributed by atoms with Gasteiger partial charge in [-0.15, -0.1) is 0 Å². The van der Waals surface area contributed by atoms with Gasteiger partial charge in [-0.05, 0) is 25.1 Å². The Labute approximate surface area is 164 Å². The van der Waals surface area contributed by atoms with E-state index in [9.17, 15) is 4.79 Å². The van der Waals surface area contributed by atoms with E-state index in [1.807, 2.05) is 37.3 Å². The van der Waals surface area contributed by atoms with Crippen molar-refractivity contribution in [2.24, 2.45) is 0 Å². The van der Waals surface area contributed by atoms with Gasteiger partial charge in [0, 0.05) is 36.9 Å². The summed E-state index contributed by atoms with van der Waals surface area (Å²) in [6, 6.07) is 9.42. The standard InChI is InChI=1S/C22H23NO5/c1-14-21-16(12-23(13-27-21)8-9-25-2)10-17-20(24)19(28-22(14)17)11-15-6-4-5-7-18(15)26-3/h4-7,10-11H,8-9,12-13H2,1-3H3. The molecular formula is C22H23NO5. The molecule has 6 heteroatoms. The Bertz CT molecular complexity index is 950. The Morgan fingerprint density at radius 3 is 2.82 bits per heavy atom. The van der Waals surface area contributed by atoms with Crippen LogP contribution in [0, 0.1) is 6.92 Å². The van der Waals surface area contributed by atoms with Crippen LogP contribution in [-0.4, -0.2) is 44.8 Å². The van der Waals surface area contributed by atoms with Crippen molar-refractivity contribution in [3.05, 3.63) is 58.3 Å². The van der Waals surface area contributed by atoms with Crippen LogP contribution in [0.5, 0.6) is 17.2 Å². The molecular weight excluding hydrogens is 358 g/mol. The fraction of sp³-hybridized carbons (Fsp3) is 0.318. The first-order valence-electron chi connectivity index (χ1n) is 9.20. The molecule has 0 amide bonds. The Hall–Kier alpha value is -2.83. The van der Waals surface area contributed by atoms with E-state index in [2.05, 4.69) is 4.90 Å². The topological polar surface area (TPSA) is 57.2 Å². The van der Waals surface area contributed by atoms with Crippen LogP contribution < -0.4 is 14.2 Å². The summed E-state index contributed by atoms with van der Waals surface area (Å²) in [7, 11) is 3.29. The lowest BCUT2D eigenvalue weighted by atomic mass is 10.00. The lowest BCUT2D eigenvalue weighted by Crippen LogP contribution is -2.34. The lowest BCUT2D eigenvalue weighted by molar-refractivity contribution is 0.0649. The number of rotatable bonds is 5. The average molecular weight is 381 g/mol. The van der Waals surface area contributed by atoms with Crippen molar-refractivity contribution in [3.63, 3.8) is 0 Å². The lowest BCUT2D eigenvalue weighted by Gasteiger charge is -2.30. The number of ketones is 1. The van der Waals surface area contributed by atoms with Crippen LogP contribution in [-0.2, 0) is 11.3 Å². The first-order valence-corrected chi connectivity index (χ1v) is 9.20. The number of hydrogen-bond donors (Lipinski definition) is 0. The number of allylic oxidation sites excluding steroid dienone is 1. The fourth-order valence-electron chi connectivity index (χ4n) is 3.59. The SMILES string of the molecule is COCCN1COc2c(cc3c(c2C)OC(=Cc2ccccc2OC)C3=O)C1. The molecule has 0 unspecified atom stereocenters. The molecule has 28 heavy (non-hydrogen) atoms. The van der Waals surface area contributed by atoms with Crippen molar-refractivity contribution < 1.29 is 23.7 Å². The van der Waals surface area contributed by atoms with Gasteiger partial charge in [0.25, 0.3) is 0 Å². The normalized spacial score (nSPS) is 17.1. The molecule has 0 fully saturated rings. The molecule has 0 radical (unpaired) electrons. The quantitative estimate of drug-likeness (QED) is 0.740. The summed E-state index contributed by atoms with van der Waals surface area (Å²) in [5, 5.41) is 0. The monoisotopic (exact) mass is 381 g/mol. The van der Waals surface area contributed by atoms with E-state index in [-0.39, 0.29) is 5.78 Å². The Balaban J connectivity index is 1.66. The molecule has 2 aliphatic rings. The first-order chi connectivity index (χ1) is 13.6. The molecule has 0 atom stereocenters. The average Bonchev–Trinajstić information content (AvgIpc) is 3.03. The molecule has 146 valence electrons. The van der Waals surface area contributed by atoms with Gasteiger partial charge in [-0.3, -0.25) is 9.69 Å². The first kappa shape index (κ1) is 18.5. The fourth-order valence-corrected chi connectivity index (χ4v) is 3.59. The smallest absolute Gasteiger partial charge is 0.231 e. The highest BCUT2D eigenvalue weighted by Crippen LogP contribution is 2.43. The summed E-state index contributed by atoms with van der Waals surface area (Å²) >= 11 is 0. The van der Waals surface area contributed by atoms with Crippen molar-refractivity contribution >= 4 is 11.9 Å². The van der Waals surface area contributed by atoms with Gasteiger partial charge >= 0.3 is 0 Å². The third kappa shape index (κ3) is 3.25. The number of carbonyl (C=O) groups is 1. The maximum atomic E-state index is 13.0. The molecule has 0 N–H and O–H groups in total. The zero-order valence-corrected chi connectivity index (χ0v) is 16.3. The molecule has 2 heterocycles. The summed E-state index contributed by atoms with van der Waals surface area (Å²) in [6.07, 6.45) is 1.73. The number of methoxy groups -OCH3 is 2. The molecule has 2 aliphatic heterocycles. The second kappa shape index (κ2) is 7.66. The molecule has 0 aliphatic carbocycles. The van der Waals surface area contributed by atoms with Gasteiger partial charge in [-0.1, -0.05) is 18.2 Å². The molecule has 0 bridgehead atoms. The Morgan fingerprint density at radius 2 is 2.04 bits per heavy atom. The van der Waals surface area contributed by atoms with Gasteiger partial charge in [0.1, 0.15) is 24.0 Å². The number of benzene rings is 2. The van der Waals surface area contributed by atoms with Crippen molar-refractivity contribution in [1.82, 2.24) is 4.90 Å². The largest absolute Gasteiger partial charge is 0.496 e. The molecule has 0 saturated carbocycles. The van der Waals surface area contributed by atoms with Crippen LogP contribution in [0.1, 0.15) is 27.0 Å². The zero-order chi connectivity index (χ0) is 19.7.